The molecule has 178 valence electrons. The van der Waals surface area contributed by atoms with E-state index in [1.165, 1.54) is 44.5 Å². The fourth-order valence-corrected chi connectivity index (χ4v) is 2.89. The number of hydrogen-bond acceptors (Lipinski definition) is 7. The smallest absolute Gasteiger partial charge is 0.416 e. The molecule has 3 rings (SSSR count). The van der Waals surface area contributed by atoms with Crippen molar-refractivity contribution in [2.75, 3.05) is 19.0 Å². The number of aryl methyl sites for hydroxylation is 1. The number of benzene rings is 2. The predicted molar refractivity (Wildman–Crippen MR) is 112 cm³/mol. The molecule has 2 aromatic carbocycles. The molecule has 1 amide bonds. The summed E-state index contributed by atoms with van der Waals surface area (Å²) in [7, 11) is 1.22. The van der Waals surface area contributed by atoms with Crippen LogP contribution in [0.25, 0.3) is 5.69 Å². The molecular weight excluding hydrogens is 461 g/mol. The number of nitro groups is 1. The number of methoxy groups -OCH3 is 1. The lowest BCUT2D eigenvalue weighted by molar-refractivity contribution is -0.385. The summed E-state index contributed by atoms with van der Waals surface area (Å²) in [5.74, 6) is -1.92. The van der Waals surface area contributed by atoms with Crippen LogP contribution in [0.4, 0.5) is 24.5 Å². The average molecular weight is 478 g/mol. The Kier molecular flexibility index (Phi) is 6.84. The van der Waals surface area contributed by atoms with Crippen molar-refractivity contribution in [3.8, 4) is 11.4 Å². The van der Waals surface area contributed by atoms with E-state index in [0.29, 0.717) is 5.56 Å². The van der Waals surface area contributed by atoms with E-state index in [2.05, 4.69) is 10.4 Å². The van der Waals surface area contributed by atoms with Gasteiger partial charge in [0.2, 0.25) is 5.69 Å². The maximum atomic E-state index is 13.0. The van der Waals surface area contributed by atoms with Crippen LogP contribution in [0.15, 0.2) is 48.7 Å². The highest BCUT2D eigenvalue weighted by Crippen LogP contribution is 2.31. The number of ether oxygens (including phenoxy) is 2. The summed E-state index contributed by atoms with van der Waals surface area (Å²) < 4.78 is 49.9. The molecule has 1 N–H and O–H groups in total. The van der Waals surface area contributed by atoms with Crippen molar-refractivity contribution >= 4 is 23.3 Å². The number of alkyl halides is 3. The number of rotatable bonds is 7. The van der Waals surface area contributed by atoms with Gasteiger partial charge in [0.15, 0.2) is 12.4 Å². The van der Waals surface area contributed by atoms with Gasteiger partial charge in [-0.1, -0.05) is 12.1 Å². The normalized spacial score (nSPS) is 11.1. The van der Waals surface area contributed by atoms with Crippen LogP contribution in [-0.4, -0.2) is 40.3 Å². The summed E-state index contributed by atoms with van der Waals surface area (Å²) in [5, 5.41) is 17.3. The predicted octanol–water partition coefficient (Wildman–Crippen LogP) is 3.91. The molecule has 1 aromatic heterocycles. The van der Waals surface area contributed by atoms with E-state index >= 15 is 0 Å². The quantitative estimate of drug-likeness (QED) is 0.310. The van der Waals surface area contributed by atoms with Crippen LogP contribution in [0.1, 0.15) is 21.6 Å². The number of carbonyl (C=O) groups excluding carboxylic acids is 2. The highest BCUT2D eigenvalue weighted by atomic mass is 19.4. The third-order valence-corrected chi connectivity index (χ3v) is 4.56. The molecule has 0 bridgehead atoms. The van der Waals surface area contributed by atoms with E-state index in [1.807, 2.05) is 0 Å². The van der Waals surface area contributed by atoms with Gasteiger partial charge in [-0.2, -0.15) is 18.3 Å². The minimum atomic E-state index is -4.57. The van der Waals surface area contributed by atoms with E-state index in [1.54, 1.807) is 0 Å². The minimum absolute atomic E-state index is 0.0193. The first-order valence-corrected chi connectivity index (χ1v) is 9.53. The molecular formula is C21H17F3N4O6. The summed E-state index contributed by atoms with van der Waals surface area (Å²) >= 11 is 0. The molecule has 0 fully saturated rings. The van der Waals surface area contributed by atoms with Crippen LogP contribution in [0, 0.1) is 17.0 Å². The van der Waals surface area contributed by atoms with Crippen LogP contribution >= 0.6 is 0 Å². The molecule has 10 nitrogen and oxygen atoms in total. The van der Waals surface area contributed by atoms with Crippen molar-refractivity contribution in [2.45, 2.75) is 13.1 Å². The van der Waals surface area contributed by atoms with Crippen molar-refractivity contribution in [2.24, 2.45) is 0 Å². The number of anilines is 1. The Morgan fingerprint density at radius 3 is 2.59 bits per heavy atom. The zero-order chi connectivity index (χ0) is 25.0. The second-order valence-corrected chi connectivity index (χ2v) is 6.92. The van der Waals surface area contributed by atoms with E-state index in [-0.39, 0.29) is 28.5 Å². The van der Waals surface area contributed by atoms with Crippen LogP contribution in [0.2, 0.25) is 0 Å². The Hall–Kier alpha value is -4.42. The molecule has 34 heavy (non-hydrogen) atoms. The third kappa shape index (κ3) is 5.49. The van der Waals surface area contributed by atoms with Gasteiger partial charge in [0, 0.05) is 17.3 Å². The van der Waals surface area contributed by atoms with Crippen LogP contribution in [0.5, 0.6) is 5.75 Å². The molecule has 0 aliphatic rings. The van der Waals surface area contributed by atoms with Crippen molar-refractivity contribution in [1.29, 1.82) is 0 Å². The van der Waals surface area contributed by atoms with Gasteiger partial charge in [0.25, 0.3) is 11.6 Å². The van der Waals surface area contributed by atoms with Gasteiger partial charge in [-0.15, -0.1) is 0 Å². The van der Waals surface area contributed by atoms with Gasteiger partial charge in [0.05, 0.1) is 29.5 Å². The van der Waals surface area contributed by atoms with Crippen molar-refractivity contribution < 1.29 is 37.2 Å². The molecule has 1 heterocycles. The number of esters is 1. The lowest BCUT2D eigenvalue weighted by atomic mass is 10.2. The fourth-order valence-electron chi connectivity index (χ4n) is 2.89. The van der Waals surface area contributed by atoms with E-state index in [0.717, 1.165) is 22.9 Å². The molecule has 0 spiro atoms. The van der Waals surface area contributed by atoms with E-state index < -0.39 is 35.1 Å². The van der Waals surface area contributed by atoms with E-state index in [9.17, 15) is 32.9 Å². The van der Waals surface area contributed by atoms with Gasteiger partial charge in [-0.3, -0.25) is 14.9 Å². The van der Waals surface area contributed by atoms with Crippen LogP contribution in [0.3, 0.4) is 0 Å². The summed E-state index contributed by atoms with van der Waals surface area (Å²) in [6.07, 6.45) is -3.38. The number of amides is 1. The van der Waals surface area contributed by atoms with Gasteiger partial charge in [-0.05, 0) is 31.2 Å². The number of nitro benzene ring substituents is 1. The first-order valence-electron chi connectivity index (χ1n) is 9.53. The Bertz CT molecular complexity index is 1260. The topological polar surface area (TPSA) is 126 Å². The largest absolute Gasteiger partial charge is 0.493 e. The zero-order valence-electron chi connectivity index (χ0n) is 17.8. The Morgan fingerprint density at radius 1 is 1.21 bits per heavy atom. The number of nitrogens with zero attached hydrogens (tertiary/aromatic N) is 3. The van der Waals surface area contributed by atoms with Crippen LogP contribution in [-0.2, 0) is 15.7 Å². The van der Waals surface area contributed by atoms with E-state index in [4.69, 9.17) is 9.47 Å². The number of hydrogen-bond donors (Lipinski definition) is 1. The first kappa shape index (κ1) is 24.2. The fraction of sp³-hybridized carbons (Fsp3) is 0.190. The monoisotopic (exact) mass is 478 g/mol. The molecule has 0 saturated carbocycles. The molecule has 0 saturated heterocycles. The maximum absolute atomic E-state index is 13.0. The van der Waals surface area contributed by atoms with Gasteiger partial charge < -0.3 is 14.8 Å². The molecule has 0 radical (unpaired) electrons. The highest BCUT2D eigenvalue weighted by molar-refractivity contribution is 5.96. The van der Waals surface area contributed by atoms with Gasteiger partial charge in [-0.25, -0.2) is 9.48 Å². The molecule has 0 aliphatic heterocycles. The standard InChI is InChI=1S/C21H17F3N4O6/c1-12-6-7-14(9-16(12)28(31)32)25-18(29)11-34-20(30)19-17(33-2)10-27(26-19)15-5-3-4-13(8-15)21(22,23)24/h3-10H,11H2,1-2H3,(H,25,29). The summed E-state index contributed by atoms with van der Waals surface area (Å²) in [6, 6.07) is 8.33. The summed E-state index contributed by atoms with van der Waals surface area (Å²) in [6.45, 7) is 0.789. The lowest BCUT2D eigenvalue weighted by Crippen LogP contribution is -2.21. The minimum Gasteiger partial charge on any atom is -0.493 e. The lowest BCUT2D eigenvalue weighted by Gasteiger charge is -2.08. The molecule has 0 atom stereocenters. The zero-order valence-corrected chi connectivity index (χ0v) is 17.8. The Morgan fingerprint density at radius 2 is 1.94 bits per heavy atom. The highest BCUT2D eigenvalue weighted by Gasteiger charge is 2.31. The molecule has 0 aliphatic carbocycles. The summed E-state index contributed by atoms with van der Waals surface area (Å²) in [5.41, 5.74) is -0.913. The first-order chi connectivity index (χ1) is 16.0. The number of nitrogens with one attached hydrogen (secondary N) is 1. The maximum Gasteiger partial charge on any atom is 0.416 e. The number of aromatic nitrogens is 2. The molecule has 13 heteroatoms. The molecule has 3 aromatic rings. The van der Waals surface area contributed by atoms with Crippen LogP contribution < -0.4 is 10.1 Å². The number of carbonyl (C=O) groups is 2. The third-order valence-electron chi connectivity index (χ3n) is 4.56. The van der Waals surface area contributed by atoms with Crippen molar-refractivity contribution in [3.63, 3.8) is 0 Å². The Labute approximate surface area is 190 Å². The number of halogens is 3. The second kappa shape index (κ2) is 9.60. The average Bonchev–Trinajstić information content (AvgIpc) is 3.23. The van der Waals surface area contributed by atoms with Crippen molar-refractivity contribution in [1.82, 2.24) is 9.78 Å². The van der Waals surface area contributed by atoms with Gasteiger partial charge >= 0.3 is 12.1 Å². The summed E-state index contributed by atoms with van der Waals surface area (Å²) in [4.78, 5) is 34.9. The Balaban J connectivity index is 1.71. The molecule has 0 unspecified atom stereocenters. The van der Waals surface area contributed by atoms with Crippen molar-refractivity contribution in [3.05, 3.63) is 75.6 Å². The SMILES string of the molecule is COc1cn(-c2cccc(C(F)(F)F)c2)nc1C(=O)OCC(=O)Nc1ccc(C)c([N+](=O)[O-])c1. The second-order valence-electron chi connectivity index (χ2n) is 6.92. The van der Waals surface area contributed by atoms with Gasteiger partial charge in [0.1, 0.15) is 0 Å².